The quantitative estimate of drug-likeness (QED) is 0.834. The van der Waals surface area contributed by atoms with E-state index in [0.29, 0.717) is 5.56 Å². The first-order valence-electron chi connectivity index (χ1n) is 7.01. The lowest BCUT2D eigenvalue weighted by Crippen LogP contribution is -2.26. The van der Waals surface area contributed by atoms with E-state index in [4.69, 9.17) is 0 Å². The van der Waals surface area contributed by atoms with Gasteiger partial charge in [0.1, 0.15) is 5.82 Å². The van der Waals surface area contributed by atoms with Crippen LogP contribution in [0.1, 0.15) is 22.8 Å². The van der Waals surface area contributed by atoms with Crippen LogP contribution in [0.2, 0.25) is 0 Å². The lowest BCUT2D eigenvalue weighted by molar-refractivity contribution is -0.116. The van der Waals surface area contributed by atoms with Gasteiger partial charge >= 0.3 is 0 Å². The van der Waals surface area contributed by atoms with Crippen molar-refractivity contribution in [3.8, 4) is 0 Å². The number of hydrogen-bond donors (Lipinski definition) is 2. The monoisotopic (exact) mass is 299 g/mol. The molecular weight excluding hydrogens is 281 g/mol. The van der Waals surface area contributed by atoms with Crippen molar-refractivity contribution in [1.29, 1.82) is 0 Å². The minimum atomic E-state index is -0.864. The predicted octanol–water partition coefficient (Wildman–Crippen LogP) is 3.00. The zero-order valence-corrected chi connectivity index (χ0v) is 12.3. The van der Waals surface area contributed by atoms with Crippen molar-refractivity contribution in [3.05, 3.63) is 77.1 Å². The SMILES string of the molecule is Cc1ccc(/C=C/C(=O)NCC(O)c2ccc(F)cc2)cc1. The van der Waals surface area contributed by atoms with Gasteiger partial charge in [0.25, 0.3) is 0 Å². The highest BCUT2D eigenvalue weighted by atomic mass is 19.1. The van der Waals surface area contributed by atoms with Gasteiger partial charge in [-0.3, -0.25) is 4.79 Å². The molecule has 1 atom stereocenters. The van der Waals surface area contributed by atoms with Crippen molar-refractivity contribution >= 4 is 12.0 Å². The van der Waals surface area contributed by atoms with Crippen LogP contribution in [-0.2, 0) is 4.79 Å². The van der Waals surface area contributed by atoms with Crippen molar-refractivity contribution in [2.45, 2.75) is 13.0 Å². The number of carbonyl (C=O) groups excluding carboxylic acids is 1. The van der Waals surface area contributed by atoms with E-state index in [2.05, 4.69) is 5.32 Å². The van der Waals surface area contributed by atoms with Crippen LogP contribution in [0.15, 0.2) is 54.6 Å². The Hall–Kier alpha value is -2.46. The number of rotatable bonds is 5. The molecule has 1 unspecified atom stereocenters. The van der Waals surface area contributed by atoms with Gasteiger partial charge < -0.3 is 10.4 Å². The van der Waals surface area contributed by atoms with Gasteiger partial charge in [0.05, 0.1) is 6.10 Å². The number of hydrogen-bond acceptors (Lipinski definition) is 2. The standard InChI is InChI=1S/C18H18FNO2/c1-13-2-4-14(5-3-13)6-11-18(22)20-12-17(21)15-7-9-16(19)10-8-15/h2-11,17,21H,12H2,1H3,(H,20,22)/b11-6+. The highest BCUT2D eigenvalue weighted by Crippen LogP contribution is 2.12. The number of amides is 1. The zero-order chi connectivity index (χ0) is 15.9. The van der Waals surface area contributed by atoms with E-state index < -0.39 is 6.10 Å². The summed E-state index contributed by atoms with van der Waals surface area (Å²) in [7, 11) is 0. The molecule has 1 amide bonds. The van der Waals surface area contributed by atoms with E-state index in [1.165, 1.54) is 30.3 Å². The predicted molar refractivity (Wildman–Crippen MR) is 84.6 cm³/mol. The molecule has 0 spiro atoms. The van der Waals surface area contributed by atoms with Gasteiger partial charge in [-0.15, -0.1) is 0 Å². The van der Waals surface area contributed by atoms with Gasteiger partial charge in [-0.05, 0) is 36.3 Å². The fourth-order valence-electron chi connectivity index (χ4n) is 1.91. The molecule has 0 bridgehead atoms. The molecule has 2 rings (SSSR count). The van der Waals surface area contributed by atoms with Crippen LogP contribution in [0.3, 0.4) is 0 Å². The summed E-state index contributed by atoms with van der Waals surface area (Å²) in [6.45, 7) is 2.07. The van der Waals surface area contributed by atoms with Crippen LogP contribution in [0, 0.1) is 12.7 Å². The number of benzene rings is 2. The molecule has 0 radical (unpaired) electrons. The molecule has 114 valence electrons. The highest BCUT2D eigenvalue weighted by molar-refractivity contribution is 5.91. The largest absolute Gasteiger partial charge is 0.387 e. The molecule has 2 aromatic rings. The van der Waals surface area contributed by atoms with Gasteiger partial charge in [-0.1, -0.05) is 42.0 Å². The summed E-state index contributed by atoms with van der Waals surface area (Å²) in [5.41, 5.74) is 2.65. The molecule has 2 aromatic carbocycles. The van der Waals surface area contributed by atoms with E-state index in [0.717, 1.165) is 11.1 Å². The number of carbonyl (C=O) groups is 1. The first-order valence-corrected chi connectivity index (χ1v) is 7.01. The maximum atomic E-state index is 12.8. The lowest BCUT2D eigenvalue weighted by atomic mass is 10.1. The van der Waals surface area contributed by atoms with Gasteiger partial charge in [0.15, 0.2) is 0 Å². The maximum Gasteiger partial charge on any atom is 0.244 e. The van der Waals surface area contributed by atoms with Gasteiger partial charge in [0, 0.05) is 12.6 Å². The Morgan fingerprint density at radius 2 is 1.82 bits per heavy atom. The lowest BCUT2D eigenvalue weighted by Gasteiger charge is -2.11. The molecule has 0 heterocycles. The van der Waals surface area contributed by atoms with Gasteiger partial charge in [-0.2, -0.15) is 0 Å². The third kappa shape index (κ3) is 4.82. The van der Waals surface area contributed by atoms with E-state index in [1.807, 2.05) is 31.2 Å². The zero-order valence-electron chi connectivity index (χ0n) is 12.3. The number of nitrogens with one attached hydrogen (secondary N) is 1. The van der Waals surface area contributed by atoms with E-state index >= 15 is 0 Å². The highest BCUT2D eigenvalue weighted by Gasteiger charge is 2.08. The Morgan fingerprint density at radius 3 is 2.45 bits per heavy atom. The Balaban J connectivity index is 1.84. The number of aliphatic hydroxyl groups excluding tert-OH is 1. The van der Waals surface area contributed by atoms with E-state index in [1.54, 1.807) is 6.08 Å². The fourth-order valence-corrected chi connectivity index (χ4v) is 1.91. The van der Waals surface area contributed by atoms with Crippen LogP contribution in [-0.4, -0.2) is 17.6 Å². The number of aryl methyl sites for hydroxylation is 1. The molecule has 0 aliphatic rings. The van der Waals surface area contributed by atoms with Crippen LogP contribution in [0.5, 0.6) is 0 Å². The second-order valence-corrected chi connectivity index (χ2v) is 5.06. The molecule has 22 heavy (non-hydrogen) atoms. The molecule has 3 nitrogen and oxygen atoms in total. The molecule has 0 aliphatic carbocycles. The topological polar surface area (TPSA) is 49.3 Å². The Kier molecular flexibility index (Phi) is 5.44. The van der Waals surface area contributed by atoms with Crippen LogP contribution >= 0.6 is 0 Å². The molecule has 4 heteroatoms. The third-order valence-electron chi connectivity index (χ3n) is 3.23. The second-order valence-electron chi connectivity index (χ2n) is 5.06. The van der Waals surface area contributed by atoms with Crippen molar-refractivity contribution in [1.82, 2.24) is 5.32 Å². The molecule has 0 saturated carbocycles. The maximum absolute atomic E-state index is 12.8. The second kappa shape index (κ2) is 7.52. The average molecular weight is 299 g/mol. The van der Waals surface area contributed by atoms with E-state index in [9.17, 15) is 14.3 Å². The first kappa shape index (κ1) is 15.9. The Morgan fingerprint density at radius 1 is 1.18 bits per heavy atom. The normalized spacial score (nSPS) is 12.3. The summed E-state index contributed by atoms with van der Waals surface area (Å²) in [6.07, 6.45) is 2.26. The van der Waals surface area contributed by atoms with Crippen LogP contribution in [0.25, 0.3) is 6.08 Å². The average Bonchev–Trinajstić information content (AvgIpc) is 2.52. The minimum absolute atomic E-state index is 0.0721. The Bertz CT molecular complexity index is 648. The summed E-state index contributed by atoms with van der Waals surface area (Å²) in [6, 6.07) is 13.3. The smallest absolute Gasteiger partial charge is 0.244 e. The van der Waals surface area contributed by atoms with E-state index in [-0.39, 0.29) is 18.3 Å². The van der Waals surface area contributed by atoms with Crippen LogP contribution < -0.4 is 5.32 Å². The number of aliphatic hydroxyl groups is 1. The molecule has 0 aliphatic heterocycles. The first-order chi connectivity index (χ1) is 10.5. The third-order valence-corrected chi connectivity index (χ3v) is 3.23. The molecule has 0 saturated heterocycles. The van der Waals surface area contributed by atoms with Gasteiger partial charge in [-0.25, -0.2) is 4.39 Å². The van der Waals surface area contributed by atoms with Crippen molar-refractivity contribution in [3.63, 3.8) is 0 Å². The summed E-state index contributed by atoms with van der Waals surface area (Å²) in [5, 5.41) is 12.5. The summed E-state index contributed by atoms with van der Waals surface area (Å²) in [4.78, 5) is 11.7. The minimum Gasteiger partial charge on any atom is -0.387 e. The summed E-state index contributed by atoms with van der Waals surface area (Å²) in [5.74, 6) is -0.650. The van der Waals surface area contributed by atoms with Crippen molar-refractivity contribution in [2.24, 2.45) is 0 Å². The van der Waals surface area contributed by atoms with Crippen LogP contribution in [0.4, 0.5) is 4.39 Å². The van der Waals surface area contributed by atoms with Crippen molar-refractivity contribution < 1.29 is 14.3 Å². The van der Waals surface area contributed by atoms with Crippen molar-refractivity contribution in [2.75, 3.05) is 6.54 Å². The fraction of sp³-hybridized carbons (Fsp3) is 0.167. The summed E-state index contributed by atoms with van der Waals surface area (Å²) >= 11 is 0. The molecule has 0 fully saturated rings. The molecule has 2 N–H and O–H groups in total. The van der Waals surface area contributed by atoms with Gasteiger partial charge in [0.2, 0.25) is 5.91 Å². The number of halogens is 1. The Labute approximate surface area is 129 Å². The molecular formula is C18H18FNO2. The summed E-state index contributed by atoms with van der Waals surface area (Å²) < 4.78 is 12.8. The molecule has 0 aromatic heterocycles.